The fourth-order valence-electron chi connectivity index (χ4n) is 3.04. The Hall–Kier alpha value is -2.15. The molecule has 0 aliphatic carbocycles. The molecule has 0 bridgehead atoms. The monoisotopic (exact) mass is 446 g/mol. The molecule has 4 nitrogen and oxygen atoms in total. The summed E-state index contributed by atoms with van der Waals surface area (Å²) in [4.78, 5) is 16.9. The Labute approximate surface area is 161 Å². The molecule has 1 unspecified atom stereocenters. The molecule has 25 heavy (non-hydrogen) atoms. The number of halogens is 1. The summed E-state index contributed by atoms with van der Waals surface area (Å²) < 4.78 is 6.12. The number of aromatic nitrogens is 1. The van der Waals surface area contributed by atoms with Gasteiger partial charge in [-0.1, -0.05) is 30.3 Å². The molecule has 0 saturated carbocycles. The van der Waals surface area contributed by atoms with Crippen LogP contribution in [-0.4, -0.2) is 18.1 Å². The van der Waals surface area contributed by atoms with Crippen LogP contribution in [0, 0.1) is 3.57 Å². The third-order valence-electron chi connectivity index (χ3n) is 4.22. The predicted molar refractivity (Wildman–Crippen MR) is 107 cm³/mol. The van der Waals surface area contributed by atoms with Gasteiger partial charge in [-0.25, -0.2) is 4.79 Å². The second kappa shape index (κ2) is 7.39. The summed E-state index contributed by atoms with van der Waals surface area (Å²) in [7, 11) is 1.41. The molecule has 0 saturated heterocycles. The lowest BCUT2D eigenvalue weighted by molar-refractivity contribution is -0.136. The van der Waals surface area contributed by atoms with Crippen LogP contribution >= 0.6 is 22.6 Å². The number of carbonyl (C=O) groups excluding carboxylic acids is 1. The second-order valence-electron chi connectivity index (χ2n) is 5.94. The van der Waals surface area contributed by atoms with E-state index in [1.54, 1.807) is 0 Å². The highest BCUT2D eigenvalue weighted by Crippen LogP contribution is 2.33. The fraction of sp³-hybridized carbons (Fsp3) is 0.200. The van der Waals surface area contributed by atoms with Crippen LogP contribution in [0.5, 0.6) is 0 Å². The number of pyridine rings is 1. The van der Waals surface area contributed by atoms with Crippen molar-refractivity contribution in [3.63, 3.8) is 0 Å². The zero-order valence-electron chi connectivity index (χ0n) is 14.3. The number of hydrogen-bond acceptors (Lipinski definition) is 4. The number of methoxy groups -OCH3 is 1. The summed E-state index contributed by atoms with van der Waals surface area (Å²) in [5, 5.41) is 3.21. The molecule has 128 valence electrons. The van der Waals surface area contributed by atoms with Gasteiger partial charge in [0, 0.05) is 32.6 Å². The highest BCUT2D eigenvalue weighted by Gasteiger charge is 2.27. The summed E-state index contributed by atoms with van der Waals surface area (Å²) in [6.07, 6.45) is 3.87. The Morgan fingerprint density at radius 1 is 1.20 bits per heavy atom. The number of allylic oxidation sites excluding steroid dienone is 3. The second-order valence-corrected chi connectivity index (χ2v) is 7.10. The summed E-state index contributed by atoms with van der Waals surface area (Å²) in [5.41, 5.74) is 5.44. The molecule has 1 atom stereocenters. The van der Waals surface area contributed by atoms with E-state index in [2.05, 4.69) is 45.0 Å². The molecule has 0 fully saturated rings. The summed E-state index contributed by atoms with van der Waals surface area (Å²) in [6, 6.07) is 12.2. The van der Waals surface area contributed by atoms with Crippen molar-refractivity contribution in [3.05, 3.63) is 74.8 Å². The quantitative estimate of drug-likeness (QED) is 0.562. The average Bonchev–Trinajstić information content (AvgIpc) is 2.61. The Morgan fingerprint density at radius 2 is 1.96 bits per heavy atom. The maximum Gasteiger partial charge on any atom is 0.336 e. The van der Waals surface area contributed by atoms with E-state index in [1.807, 2.05) is 50.4 Å². The smallest absolute Gasteiger partial charge is 0.336 e. The zero-order chi connectivity index (χ0) is 18.0. The third-order valence-corrected chi connectivity index (χ3v) is 5.16. The molecule has 1 aliphatic rings. The molecule has 2 heterocycles. The lowest BCUT2D eigenvalue weighted by atomic mass is 9.87. The summed E-state index contributed by atoms with van der Waals surface area (Å²) in [5.74, 6) is -0.481. The summed E-state index contributed by atoms with van der Waals surface area (Å²) >= 11 is 2.31. The number of nitrogens with zero attached hydrogens (tertiary/aromatic N) is 1. The maximum atomic E-state index is 12.2. The van der Waals surface area contributed by atoms with Crippen LogP contribution < -0.4 is 5.32 Å². The lowest BCUT2D eigenvalue weighted by Crippen LogP contribution is -2.25. The van der Waals surface area contributed by atoms with Crippen molar-refractivity contribution < 1.29 is 9.53 Å². The van der Waals surface area contributed by atoms with Gasteiger partial charge in [-0.05, 0) is 54.1 Å². The number of ether oxygens (including phenoxy) is 1. The number of dihydropyridines is 1. The van der Waals surface area contributed by atoms with Gasteiger partial charge in [0.2, 0.25) is 0 Å². The van der Waals surface area contributed by atoms with Gasteiger partial charge in [0.05, 0.1) is 18.4 Å². The molecule has 2 aromatic rings. The van der Waals surface area contributed by atoms with Gasteiger partial charge in [0.25, 0.3) is 0 Å². The van der Waals surface area contributed by atoms with E-state index in [4.69, 9.17) is 4.74 Å². The van der Waals surface area contributed by atoms with Crippen molar-refractivity contribution >= 4 is 28.6 Å². The van der Waals surface area contributed by atoms with Gasteiger partial charge in [-0.2, -0.15) is 0 Å². The normalized spacial score (nSPS) is 17.0. The zero-order valence-corrected chi connectivity index (χ0v) is 16.5. The molecule has 1 N–H and O–H groups in total. The van der Waals surface area contributed by atoms with Crippen molar-refractivity contribution in [2.75, 3.05) is 7.11 Å². The molecular formula is C20H19IN2O2. The Balaban J connectivity index is 1.99. The van der Waals surface area contributed by atoms with Crippen LogP contribution in [0.2, 0.25) is 0 Å². The van der Waals surface area contributed by atoms with Crippen molar-refractivity contribution in [1.29, 1.82) is 0 Å². The van der Waals surface area contributed by atoms with E-state index in [0.717, 1.165) is 31.8 Å². The van der Waals surface area contributed by atoms with Crippen LogP contribution in [0.1, 0.15) is 25.3 Å². The largest absolute Gasteiger partial charge is 0.466 e. The van der Waals surface area contributed by atoms with Gasteiger partial charge >= 0.3 is 5.97 Å². The molecule has 5 heteroatoms. The first-order valence-electron chi connectivity index (χ1n) is 7.96. The molecule has 0 spiro atoms. The minimum absolute atomic E-state index is 0.162. The van der Waals surface area contributed by atoms with Gasteiger partial charge in [-0.15, -0.1) is 0 Å². The highest BCUT2D eigenvalue weighted by molar-refractivity contribution is 14.1. The molecular weight excluding hydrogens is 427 g/mol. The average molecular weight is 446 g/mol. The van der Waals surface area contributed by atoms with E-state index < -0.39 is 0 Å². The molecule has 3 rings (SSSR count). The first kappa shape index (κ1) is 17.7. The van der Waals surface area contributed by atoms with E-state index in [9.17, 15) is 4.79 Å². The number of hydrogen-bond donors (Lipinski definition) is 1. The van der Waals surface area contributed by atoms with Gasteiger partial charge in [0.1, 0.15) is 0 Å². The van der Waals surface area contributed by atoms with Gasteiger partial charge in [0.15, 0.2) is 0 Å². The number of carbonyl (C=O) groups is 1. The van der Waals surface area contributed by atoms with Crippen LogP contribution in [-0.2, 0) is 9.53 Å². The molecule has 1 aliphatic heterocycles. The minimum atomic E-state index is -0.319. The highest BCUT2D eigenvalue weighted by atomic mass is 127. The minimum Gasteiger partial charge on any atom is -0.466 e. The first-order valence-corrected chi connectivity index (χ1v) is 9.04. The first-order chi connectivity index (χ1) is 12.0. The number of rotatable bonds is 3. The topological polar surface area (TPSA) is 51.2 Å². The fourth-order valence-corrected chi connectivity index (χ4v) is 3.71. The van der Waals surface area contributed by atoms with Gasteiger partial charge < -0.3 is 10.1 Å². The van der Waals surface area contributed by atoms with Crippen LogP contribution in [0.3, 0.4) is 0 Å². The third kappa shape index (κ3) is 3.61. The Morgan fingerprint density at radius 3 is 2.60 bits per heavy atom. The number of benzene rings is 1. The van der Waals surface area contributed by atoms with Crippen molar-refractivity contribution in [1.82, 2.24) is 10.3 Å². The lowest BCUT2D eigenvalue weighted by Gasteiger charge is -2.25. The molecule has 1 aromatic heterocycles. The van der Waals surface area contributed by atoms with Crippen LogP contribution in [0.15, 0.2) is 65.6 Å². The van der Waals surface area contributed by atoms with E-state index >= 15 is 0 Å². The van der Waals surface area contributed by atoms with E-state index in [0.29, 0.717) is 5.57 Å². The van der Waals surface area contributed by atoms with E-state index in [-0.39, 0.29) is 11.9 Å². The van der Waals surface area contributed by atoms with Crippen molar-refractivity contribution in [2.45, 2.75) is 19.8 Å². The number of nitrogens with one attached hydrogen (secondary N) is 1. The standard InChI is InChI=1S/C20H19IN2O2/c1-12-10-16(19(13(2)23-12)20(24)25-3)14-8-9-18(22-11-14)15-6-4-5-7-17(15)21/h4-11,16,23H,1-3H3. The summed E-state index contributed by atoms with van der Waals surface area (Å²) in [6.45, 7) is 3.88. The number of esters is 1. The van der Waals surface area contributed by atoms with Crippen molar-refractivity contribution in [2.24, 2.45) is 0 Å². The van der Waals surface area contributed by atoms with Gasteiger partial charge in [-0.3, -0.25) is 4.98 Å². The SMILES string of the molecule is COC(=O)C1=C(C)NC(C)=CC1c1ccc(-c2ccccc2I)nc1. The van der Waals surface area contributed by atoms with Crippen molar-refractivity contribution in [3.8, 4) is 11.3 Å². The van der Waals surface area contributed by atoms with Crippen LogP contribution in [0.25, 0.3) is 11.3 Å². The Kier molecular flexibility index (Phi) is 5.22. The Bertz CT molecular complexity index is 870. The predicted octanol–water partition coefficient (Wildman–Crippen LogP) is 4.39. The molecule has 0 amide bonds. The molecule has 0 radical (unpaired) electrons. The van der Waals surface area contributed by atoms with E-state index in [1.165, 1.54) is 7.11 Å². The van der Waals surface area contributed by atoms with Crippen LogP contribution in [0.4, 0.5) is 0 Å². The molecule has 1 aromatic carbocycles. The maximum absolute atomic E-state index is 12.2.